The van der Waals surface area contributed by atoms with Crippen LogP contribution >= 0.6 is 27.5 Å². The minimum atomic E-state index is 0.223. The SMILES string of the molecule is C#CCC(CC)Nc1ncc(Br)cc1Cl. The van der Waals surface area contributed by atoms with Crippen molar-refractivity contribution in [3.8, 4) is 12.3 Å². The fourth-order valence-electron chi connectivity index (χ4n) is 1.15. The van der Waals surface area contributed by atoms with E-state index in [1.54, 1.807) is 12.3 Å². The summed E-state index contributed by atoms with van der Waals surface area (Å²) < 4.78 is 0.864. The molecule has 0 fully saturated rings. The van der Waals surface area contributed by atoms with Crippen LogP contribution in [0, 0.1) is 12.3 Å². The number of rotatable bonds is 4. The van der Waals surface area contributed by atoms with Crippen LogP contribution in [0.25, 0.3) is 0 Å². The molecule has 1 heterocycles. The van der Waals surface area contributed by atoms with Gasteiger partial charge < -0.3 is 5.32 Å². The molecule has 0 aromatic carbocycles. The molecule has 0 aliphatic heterocycles. The van der Waals surface area contributed by atoms with E-state index in [1.807, 2.05) is 0 Å². The second-order valence-corrected chi connectivity index (χ2v) is 4.46. The maximum Gasteiger partial charge on any atom is 0.145 e. The molecule has 1 aromatic rings. The summed E-state index contributed by atoms with van der Waals surface area (Å²) in [6, 6.07) is 2.03. The zero-order valence-electron chi connectivity index (χ0n) is 8.43. The topological polar surface area (TPSA) is 24.9 Å². The molecule has 2 nitrogen and oxygen atoms in total. The molecular formula is C11H12BrClN2. The van der Waals surface area contributed by atoms with E-state index < -0.39 is 0 Å². The van der Waals surface area contributed by atoms with Crippen LogP contribution in [0.5, 0.6) is 0 Å². The molecule has 1 rings (SSSR count). The van der Waals surface area contributed by atoms with Gasteiger partial charge in [-0.1, -0.05) is 18.5 Å². The molecule has 1 unspecified atom stereocenters. The van der Waals surface area contributed by atoms with E-state index >= 15 is 0 Å². The van der Waals surface area contributed by atoms with Crippen molar-refractivity contribution in [2.45, 2.75) is 25.8 Å². The maximum absolute atomic E-state index is 6.02. The van der Waals surface area contributed by atoms with Crippen LogP contribution in [-0.4, -0.2) is 11.0 Å². The van der Waals surface area contributed by atoms with E-state index in [1.165, 1.54) is 0 Å². The molecule has 1 aromatic heterocycles. The van der Waals surface area contributed by atoms with Crippen molar-refractivity contribution in [2.75, 3.05) is 5.32 Å². The third-order valence-electron chi connectivity index (χ3n) is 2.01. The van der Waals surface area contributed by atoms with E-state index in [2.05, 4.69) is 39.1 Å². The van der Waals surface area contributed by atoms with Crippen LogP contribution < -0.4 is 5.32 Å². The van der Waals surface area contributed by atoms with E-state index in [0.29, 0.717) is 17.3 Å². The van der Waals surface area contributed by atoms with Gasteiger partial charge in [0.25, 0.3) is 0 Å². The minimum absolute atomic E-state index is 0.223. The van der Waals surface area contributed by atoms with Gasteiger partial charge in [0.15, 0.2) is 0 Å². The van der Waals surface area contributed by atoms with Crippen molar-refractivity contribution in [1.29, 1.82) is 0 Å². The van der Waals surface area contributed by atoms with Crippen molar-refractivity contribution < 1.29 is 0 Å². The Labute approximate surface area is 104 Å². The lowest BCUT2D eigenvalue weighted by Gasteiger charge is -2.15. The van der Waals surface area contributed by atoms with Crippen LogP contribution in [0.4, 0.5) is 5.82 Å². The fourth-order valence-corrected chi connectivity index (χ4v) is 1.84. The Kier molecular flexibility index (Phi) is 4.93. The summed E-state index contributed by atoms with van der Waals surface area (Å²) in [5.41, 5.74) is 0. The van der Waals surface area contributed by atoms with Gasteiger partial charge in [-0.25, -0.2) is 4.98 Å². The Morgan fingerprint density at radius 1 is 1.73 bits per heavy atom. The number of aromatic nitrogens is 1. The lowest BCUT2D eigenvalue weighted by Crippen LogP contribution is -2.18. The lowest BCUT2D eigenvalue weighted by molar-refractivity contribution is 0.711. The van der Waals surface area contributed by atoms with Gasteiger partial charge in [0, 0.05) is 23.1 Å². The van der Waals surface area contributed by atoms with Gasteiger partial charge in [-0.3, -0.25) is 0 Å². The Morgan fingerprint density at radius 2 is 2.47 bits per heavy atom. The smallest absolute Gasteiger partial charge is 0.145 e. The van der Waals surface area contributed by atoms with Crippen molar-refractivity contribution in [3.63, 3.8) is 0 Å². The number of halogens is 2. The second kappa shape index (κ2) is 5.99. The molecule has 0 bridgehead atoms. The molecule has 0 spiro atoms. The highest BCUT2D eigenvalue weighted by atomic mass is 79.9. The summed E-state index contributed by atoms with van der Waals surface area (Å²) in [7, 11) is 0. The second-order valence-electron chi connectivity index (χ2n) is 3.14. The molecule has 0 saturated carbocycles. The third-order valence-corrected chi connectivity index (χ3v) is 2.73. The highest BCUT2D eigenvalue weighted by molar-refractivity contribution is 9.10. The lowest BCUT2D eigenvalue weighted by atomic mass is 10.1. The first-order chi connectivity index (χ1) is 7.17. The van der Waals surface area contributed by atoms with Gasteiger partial charge in [0.05, 0.1) is 5.02 Å². The summed E-state index contributed by atoms with van der Waals surface area (Å²) in [5.74, 6) is 3.31. The summed E-state index contributed by atoms with van der Waals surface area (Å²) >= 11 is 9.33. The standard InChI is InChI=1S/C11H12BrClN2/c1-3-5-9(4-2)15-11-10(13)6-8(12)7-14-11/h1,6-7,9H,4-5H2,2H3,(H,14,15). The predicted molar refractivity (Wildman–Crippen MR) is 68.1 cm³/mol. The number of hydrogen-bond donors (Lipinski definition) is 1. The van der Waals surface area contributed by atoms with E-state index in [9.17, 15) is 0 Å². The summed E-state index contributed by atoms with van der Waals surface area (Å²) in [4.78, 5) is 4.19. The van der Waals surface area contributed by atoms with Crippen LogP contribution in [0.1, 0.15) is 19.8 Å². The van der Waals surface area contributed by atoms with Crippen molar-refractivity contribution in [1.82, 2.24) is 4.98 Å². The zero-order chi connectivity index (χ0) is 11.3. The zero-order valence-corrected chi connectivity index (χ0v) is 10.8. The average Bonchev–Trinajstić information content (AvgIpc) is 2.21. The van der Waals surface area contributed by atoms with E-state index in [0.717, 1.165) is 10.9 Å². The van der Waals surface area contributed by atoms with E-state index in [-0.39, 0.29) is 6.04 Å². The highest BCUT2D eigenvalue weighted by Crippen LogP contribution is 2.24. The fraction of sp³-hybridized carbons (Fsp3) is 0.364. The molecule has 0 amide bonds. The first kappa shape index (κ1) is 12.4. The quantitative estimate of drug-likeness (QED) is 0.854. The molecular weight excluding hydrogens is 275 g/mol. The van der Waals surface area contributed by atoms with Crippen LogP contribution in [0.2, 0.25) is 5.02 Å². The number of pyridine rings is 1. The summed E-state index contributed by atoms with van der Waals surface area (Å²) in [5, 5.41) is 3.82. The molecule has 0 saturated heterocycles. The van der Waals surface area contributed by atoms with Crippen LogP contribution in [0.3, 0.4) is 0 Å². The third kappa shape index (κ3) is 3.73. The van der Waals surface area contributed by atoms with Gasteiger partial charge in [0.2, 0.25) is 0 Å². The first-order valence-corrected chi connectivity index (χ1v) is 5.85. The Balaban J connectivity index is 2.75. The molecule has 1 N–H and O–H groups in total. The van der Waals surface area contributed by atoms with Crippen molar-refractivity contribution >= 4 is 33.3 Å². The monoisotopic (exact) mass is 286 g/mol. The summed E-state index contributed by atoms with van der Waals surface area (Å²) in [6.45, 7) is 2.07. The average molecular weight is 288 g/mol. The number of hydrogen-bond acceptors (Lipinski definition) is 2. The van der Waals surface area contributed by atoms with Gasteiger partial charge >= 0.3 is 0 Å². The van der Waals surface area contributed by atoms with Crippen LogP contribution in [-0.2, 0) is 0 Å². The molecule has 80 valence electrons. The largest absolute Gasteiger partial charge is 0.365 e. The molecule has 1 atom stereocenters. The van der Waals surface area contributed by atoms with Gasteiger partial charge in [0.1, 0.15) is 5.82 Å². The van der Waals surface area contributed by atoms with Gasteiger partial charge in [-0.05, 0) is 28.4 Å². The molecule has 0 aliphatic carbocycles. The highest BCUT2D eigenvalue weighted by Gasteiger charge is 2.08. The summed E-state index contributed by atoms with van der Waals surface area (Å²) in [6.07, 6.45) is 8.59. The minimum Gasteiger partial charge on any atom is -0.365 e. The normalized spacial score (nSPS) is 11.9. The maximum atomic E-state index is 6.02. The number of anilines is 1. The van der Waals surface area contributed by atoms with Crippen LogP contribution in [0.15, 0.2) is 16.7 Å². The first-order valence-electron chi connectivity index (χ1n) is 4.68. The Hall–Kier alpha value is -0.720. The predicted octanol–water partition coefficient (Wildman–Crippen LogP) is 3.71. The van der Waals surface area contributed by atoms with Crippen molar-refractivity contribution in [2.24, 2.45) is 0 Å². The number of terminal acetylenes is 1. The van der Waals surface area contributed by atoms with E-state index in [4.69, 9.17) is 18.0 Å². The Morgan fingerprint density at radius 3 is 3.00 bits per heavy atom. The molecule has 4 heteroatoms. The van der Waals surface area contributed by atoms with Gasteiger partial charge in [-0.15, -0.1) is 12.3 Å². The molecule has 0 aliphatic rings. The molecule has 0 radical (unpaired) electrons. The van der Waals surface area contributed by atoms with Gasteiger partial charge in [-0.2, -0.15) is 0 Å². The molecule has 15 heavy (non-hydrogen) atoms. The van der Waals surface area contributed by atoms with Crippen molar-refractivity contribution in [3.05, 3.63) is 21.8 Å². The number of nitrogens with one attached hydrogen (secondary N) is 1. The number of nitrogens with zero attached hydrogens (tertiary/aromatic N) is 1. The Bertz CT molecular complexity index is 373.